The van der Waals surface area contributed by atoms with Gasteiger partial charge in [-0.3, -0.25) is 4.79 Å². The Morgan fingerprint density at radius 2 is 2.04 bits per heavy atom. The second-order valence-corrected chi connectivity index (χ2v) is 7.25. The summed E-state index contributed by atoms with van der Waals surface area (Å²) in [6.07, 6.45) is 3.23. The molecule has 0 aliphatic heterocycles. The van der Waals surface area contributed by atoms with Crippen LogP contribution in [0.3, 0.4) is 0 Å². The van der Waals surface area contributed by atoms with Crippen molar-refractivity contribution in [2.24, 2.45) is 0 Å². The van der Waals surface area contributed by atoms with Gasteiger partial charge in [-0.1, -0.05) is 6.07 Å². The highest BCUT2D eigenvalue weighted by molar-refractivity contribution is 7.21. The summed E-state index contributed by atoms with van der Waals surface area (Å²) < 4.78 is 18.3. The number of hydrogen-bond acceptors (Lipinski definition) is 5. The van der Waals surface area contributed by atoms with Gasteiger partial charge in [0.25, 0.3) is 5.91 Å². The molecular weight excluding hydrogens is 359 g/mol. The van der Waals surface area contributed by atoms with E-state index in [1.807, 2.05) is 17.5 Å². The number of hydrogen-bond donors (Lipinski definition) is 1. The SMILES string of the molecule is O=C(NCCCCOc1ccc(F)cc1)c1cnc(-c2cccs2)s1. The second kappa shape index (κ2) is 8.73. The van der Waals surface area contributed by atoms with Gasteiger partial charge in [0.05, 0.1) is 17.7 Å². The number of nitrogens with zero attached hydrogens (tertiary/aromatic N) is 1. The lowest BCUT2D eigenvalue weighted by molar-refractivity contribution is 0.0956. The van der Waals surface area contributed by atoms with Crippen molar-refractivity contribution >= 4 is 28.6 Å². The summed E-state index contributed by atoms with van der Waals surface area (Å²) in [5.41, 5.74) is 0. The van der Waals surface area contributed by atoms with E-state index in [9.17, 15) is 9.18 Å². The Hall–Kier alpha value is -2.25. The topological polar surface area (TPSA) is 51.2 Å². The van der Waals surface area contributed by atoms with Gasteiger partial charge < -0.3 is 10.1 Å². The molecule has 0 radical (unpaired) electrons. The number of thiazole rings is 1. The molecule has 1 amide bonds. The molecule has 3 aromatic rings. The first kappa shape index (κ1) is 17.6. The summed E-state index contributed by atoms with van der Waals surface area (Å²) in [6.45, 7) is 1.11. The maximum atomic E-state index is 12.8. The average molecular weight is 376 g/mol. The maximum absolute atomic E-state index is 12.8. The molecule has 130 valence electrons. The fourth-order valence-corrected chi connectivity index (χ4v) is 3.77. The van der Waals surface area contributed by atoms with E-state index in [1.54, 1.807) is 29.7 Å². The molecule has 0 atom stereocenters. The van der Waals surface area contributed by atoms with E-state index in [-0.39, 0.29) is 11.7 Å². The van der Waals surface area contributed by atoms with Gasteiger partial charge in [-0.15, -0.1) is 22.7 Å². The fourth-order valence-electron chi connectivity index (χ4n) is 2.13. The van der Waals surface area contributed by atoms with Gasteiger partial charge in [0, 0.05) is 6.54 Å². The van der Waals surface area contributed by atoms with Crippen molar-refractivity contribution in [2.45, 2.75) is 12.8 Å². The molecule has 0 spiro atoms. The van der Waals surface area contributed by atoms with Crippen LogP contribution in [0.15, 0.2) is 48.0 Å². The molecule has 0 bridgehead atoms. The molecule has 7 heteroatoms. The summed E-state index contributed by atoms with van der Waals surface area (Å²) in [6, 6.07) is 9.91. The lowest BCUT2D eigenvalue weighted by Crippen LogP contribution is -2.23. The van der Waals surface area contributed by atoms with Crippen LogP contribution in [0, 0.1) is 5.82 Å². The summed E-state index contributed by atoms with van der Waals surface area (Å²) in [5.74, 6) is 0.274. The Kier molecular flexibility index (Phi) is 6.14. The van der Waals surface area contributed by atoms with Crippen LogP contribution < -0.4 is 10.1 Å². The molecule has 25 heavy (non-hydrogen) atoms. The third kappa shape index (κ3) is 5.11. The van der Waals surface area contributed by atoms with E-state index >= 15 is 0 Å². The van der Waals surface area contributed by atoms with Crippen LogP contribution in [0.4, 0.5) is 4.39 Å². The zero-order valence-corrected chi connectivity index (χ0v) is 15.0. The van der Waals surface area contributed by atoms with Gasteiger partial charge in [0.2, 0.25) is 0 Å². The molecule has 4 nitrogen and oxygen atoms in total. The third-order valence-electron chi connectivity index (χ3n) is 3.40. The fraction of sp³-hybridized carbons (Fsp3) is 0.222. The minimum Gasteiger partial charge on any atom is -0.494 e. The van der Waals surface area contributed by atoms with Crippen LogP contribution >= 0.6 is 22.7 Å². The van der Waals surface area contributed by atoms with Gasteiger partial charge in [-0.05, 0) is 48.6 Å². The number of aromatic nitrogens is 1. The number of halogens is 1. The minimum atomic E-state index is -0.277. The number of ether oxygens (including phenoxy) is 1. The summed E-state index contributed by atoms with van der Waals surface area (Å²) >= 11 is 3.01. The van der Waals surface area contributed by atoms with E-state index in [0.717, 1.165) is 22.7 Å². The van der Waals surface area contributed by atoms with Crippen molar-refractivity contribution in [1.82, 2.24) is 10.3 Å². The van der Waals surface area contributed by atoms with Gasteiger partial charge in [0.1, 0.15) is 21.5 Å². The second-order valence-electron chi connectivity index (χ2n) is 5.27. The van der Waals surface area contributed by atoms with Gasteiger partial charge >= 0.3 is 0 Å². The van der Waals surface area contributed by atoms with Crippen molar-refractivity contribution < 1.29 is 13.9 Å². The van der Waals surface area contributed by atoms with Crippen LogP contribution in [-0.4, -0.2) is 24.0 Å². The molecule has 0 aliphatic rings. The standard InChI is InChI=1S/C18H17FN2O2S2/c19-13-5-7-14(8-6-13)23-10-2-1-9-20-17(22)16-12-21-18(25-16)15-4-3-11-24-15/h3-8,11-12H,1-2,9-10H2,(H,20,22). The van der Waals surface area contributed by atoms with Crippen molar-refractivity contribution in [1.29, 1.82) is 0 Å². The Bertz CT molecular complexity index is 801. The van der Waals surface area contributed by atoms with Crippen LogP contribution in [0.5, 0.6) is 5.75 Å². The smallest absolute Gasteiger partial charge is 0.263 e. The van der Waals surface area contributed by atoms with E-state index in [4.69, 9.17) is 4.74 Å². The van der Waals surface area contributed by atoms with E-state index in [0.29, 0.717) is 23.8 Å². The van der Waals surface area contributed by atoms with E-state index in [1.165, 1.54) is 23.5 Å². The van der Waals surface area contributed by atoms with Crippen LogP contribution in [0.25, 0.3) is 9.88 Å². The first-order chi connectivity index (χ1) is 12.2. The zero-order valence-electron chi connectivity index (χ0n) is 13.4. The molecule has 0 fully saturated rings. The highest BCUT2D eigenvalue weighted by Crippen LogP contribution is 2.28. The molecular formula is C18H17FN2O2S2. The number of nitrogens with one attached hydrogen (secondary N) is 1. The Balaban J connectivity index is 1.35. The molecule has 1 aromatic carbocycles. The third-order valence-corrected chi connectivity index (χ3v) is 5.44. The predicted octanol–water partition coefficient (Wildman–Crippen LogP) is 4.60. The highest BCUT2D eigenvalue weighted by atomic mass is 32.1. The molecule has 0 unspecified atom stereocenters. The number of unbranched alkanes of at least 4 members (excludes halogenated alkanes) is 1. The van der Waals surface area contributed by atoms with Crippen LogP contribution in [-0.2, 0) is 0 Å². The molecule has 3 rings (SSSR count). The molecule has 2 aromatic heterocycles. The van der Waals surface area contributed by atoms with E-state index < -0.39 is 0 Å². The average Bonchev–Trinajstić information content (AvgIpc) is 3.30. The molecule has 0 saturated heterocycles. The van der Waals surface area contributed by atoms with Crippen LogP contribution in [0.2, 0.25) is 0 Å². The number of amides is 1. The summed E-state index contributed by atoms with van der Waals surface area (Å²) in [5, 5.41) is 5.75. The number of carbonyl (C=O) groups excluding carboxylic acids is 1. The number of carbonyl (C=O) groups is 1. The van der Waals surface area contributed by atoms with Crippen molar-refractivity contribution in [3.05, 3.63) is 58.7 Å². The summed E-state index contributed by atoms with van der Waals surface area (Å²) in [4.78, 5) is 18.1. The molecule has 2 heterocycles. The first-order valence-corrected chi connectivity index (χ1v) is 9.58. The predicted molar refractivity (Wildman–Crippen MR) is 98.9 cm³/mol. The number of rotatable bonds is 8. The van der Waals surface area contributed by atoms with Crippen molar-refractivity contribution in [2.75, 3.05) is 13.2 Å². The summed E-state index contributed by atoms with van der Waals surface area (Å²) in [7, 11) is 0. The van der Waals surface area contributed by atoms with Crippen LogP contribution in [0.1, 0.15) is 22.5 Å². The van der Waals surface area contributed by atoms with Gasteiger partial charge in [0.15, 0.2) is 0 Å². The lowest BCUT2D eigenvalue weighted by atomic mass is 10.3. The lowest BCUT2D eigenvalue weighted by Gasteiger charge is -2.06. The Morgan fingerprint density at radius 1 is 1.20 bits per heavy atom. The Morgan fingerprint density at radius 3 is 2.80 bits per heavy atom. The molecule has 1 N–H and O–H groups in total. The quantitative estimate of drug-likeness (QED) is 0.585. The highest BCUT2D eigenvalue weighted by Gasteiger charge is 2.11. The van der Waals surface area contributed by atoms with Gasteiger partial charge in [-0.2, -0.15) is 0 Å². The zero-order chi connectivity index (χ0) is 17.5. The Labute approximate surface area is 153 Å². The van der Waals surface area contributed by atoms with E-state index in [2.05, 4.69) is 10.3 Å². The first-order valence-electron chi connectivity index (χ1n) is 7.88. The monoisotopic (exact) mass is 376 g/mol. The minimum absolute atomic E-state index is 0.0974. The molecule has 0 saturated carbocycles. The van der Waals surface area contributed by atoms with Crippen molar-refractivity contribution in [3.8, 4) is 15.6 Å². The number of benzene rings is 1. The van der Waals surface area contributed by atoms with Gasteiger partial charge in [-0.25, -0.2) is 9.37 Å². The molecule has 0 aliphatic carbocycles. The normalized spacial score (nSPS) is 10.6. The number of thiophene rings is 1. The largest absolute Gasteiger partial charge is 0.494 e. The van der Waals surface area contributed by atoms with Crippen molar-refractivity contribution in [3.63, 3.8) is 0 Å². The maximum Gasteiger partial charge on any atom is 0.263 e.